The van der Waals surface area contributed by atoms with Gasteiger partial charge in [-0.1, -0.05) is 18.2 Å². The molecule has 0 fully saturated rings. The van der Waals surface area contributed by atoms with Gasteiger partial charge in [0, 0.05) is 6.04 Å². The molecule has 0 aliphatic carbocycles. The number of ether oxygens (including phenoxy) is 1. The van der Waals surface area contributed by atoms with Crippen molar-refractivity contribution in [1.29, 1.82) is 0 Å². The summed E-state index contributed by atoms with van der Waals surface area (Å²) in [4.78, 5) is 11.1. The van der Waals surface area contributed by atoms with Crippen molar-refractivity contribution < 1.29 is 9.53 Å². The maximum absolute atomic E-state index is 11.1. The first-order valence-corrected chi connectivity index (χ1v) is 4.94. The van der Waals surface area contributed by atoms with E-state index in [-0.39, 0.29) is 30.8 Å². The third-order valence-corrected chi connectivity index (χ3v) is 2.66. The number of halogens is 1. The monoisotopic (exact) mass is 243 g/mol. The predicted molar refractivity (Wildman–Crippen MR) is 66.7 cm³/mol. The summed E-state index contributed by atoms with van der Waals surface area (Å²) in [5, 5.41) is 0. The molecule has 1 aromatic carbocycles. The fraction of sp³-hybridized carbons (Fsp3) is 0.417. The van der Waals surface area contributed by atoms with Crippen LogP contribution in [0.3, 0.4) is 0 Å². The SMILES string of the molecule is COC(=O)C[C@@H](N)c1cccc(C)c1C.Cl. The van der Waals surface area contributed by atoms with Crippen LogP contribution in [0.1, 0.15) is 29.2 Å². The molecule has 1 atom stereocenters. The summed E-state index contributed by atoms with van der Waals surface area (Å²) >= 11 is 0. The first-order valence-electron chi connectivity index (χ1n) is 4.94. The molecule has 0 heterocycles. The van der Waals surface area contributed by atoms with E-state index in [9.17, 15) is 4.79 Å². The van der Waals surface area contributed by atoms with Gasteiger partial charge in [-0.15, -0.1) is 12.4 Å². The molecule has 0 saturated heterocycles. The zero-order valence-corrected chi connectivity index (χ0v) is 10.6. The smallest absolute Gasteiger partial charge is 0.307 e. The van der Waals surface area contributed by atoms with Gasteiger partial charge in [-0.05, 0) is 30.5 Å². The predicted octanol–water partition coefficient (Wildman–Crippen LogP) is 2.29. The molecule has 2 N–H and O–H groups in total. The highest BCUT2D eigenvalue weighted by Crippen LogP contribution is 2.21. The topological polar surface area (TPSA) is 52.3 Å². The Morgan fingerprint density at radius 2 is 2.06 bits per heavy atom. The van der Waals surface area contributed by atoms with E-state index in [1.165, 1.54) is 12.7 Å². The molecular weight excluding hydrogens is 226 g/mol. The van der Waals surface area contributed by atoms with Crippen LogP contribution in [0.5, 0.6) is 0 Å². The van der Waals surface area contributed by atoms with Gasteiger partial charge >= 0.3 is 5.97 Å². The van der Waals surface area contributed by atoms with Gasteiger partial charge in [0.25, 0.3) is 0 Å². The number of carbonyl (C=O) groups excluding carboxylic acids is 1. The molecule has 0 bridgehead atoms. The van der Waals surface area contributed by atoms with Gasteiger partial charge in [-0.3, -0.25) is 4.79 Å². The second kappa shape index (κ2) is 6.51. The van der Waals surface area contributed by atoms with E-state index in [2.05, 4.69) is 4.74 Å². The van der Waals surface area contributed by atoms with E-state index in [0.29, 0.717) is 0 Å². The molecule has 0 radical (unpaired) electrons. The fourth-order valence-electron chi connectivity index (χ4n) is 1.55. The van der Waals surface area contributed by atoms with Gasteiger partial charge in [0.05, 0.1) is 13.5 Å². The lowest BCUT2D eigenvalue weighted by molar-refractivity contribution is -0.141. The summed E-state index contributed by atoms with van der Waals surface area (Å²) in [5.74, 6) is -0.275. The Labute approximate surface area is 102 Å². The molecule has 16 heavy (non-hydrogen) atoms. The summed E-state index contributed by atoms with van der Waals surface area (Å²) in [6.45, 7) is 4.05. The van der Waals surface area contributed by atoms with E-state index in [4.69, 9.17) is 5.73 Å². The van der Waals surface area contributed by atoms with Gasteiger partial charge < -0.3 is 10.5 Å². The quantitative estimate of drug-likeness (QED) is 0.829. The van der Waals surface area contributed by atoms with Crippen molar-refractivity contribution in [2.24, 2.45) is 5.73 Å². The van der Waals surface area contributed by atoms with Crippen molar-refractivity contribution >= 4 is 18.4 Å². The van der Waals surface area contributed by atoms with Gasteiger partial charge in [0.15, 0.2) is 0 Å². The largest absolute Gasteiger partial charge is 0.469 e. The number of esters is 1. The number of benzene rings is 1. The molecule has 1 rings (SSSR count). The first-order chi connectivity index (χ1) is 7.06. The highest BCUT2D eigenvalue weighted by atomic mass is 35.5. The molecule has 1 aromatic rings. The summed E-state index contributed by atoms with van der Waals surface area (Å²) in [5.41, 5.74) is 9.29. The molecule has 0 aliphatic rings. The van der Waals surface area contributed by atoms with Crippen LogP contribution in [-0.2, 0) is 9.53 Å². The minimum Gasteiger partial charge on any atom is -0.469 e. The Bertz CT molecular complexity index is 366. The average molecular weight is 244 g/mol. The molecule has 3 nitrogen and oxygen atoms in total. The molecule has 0 spiro atoms. The van der Waals surface area contributed by atoms with E-state index in [1.807, 2.05) is 32.0 Å². The van der Waals surface area contributed by atoms with Crippen LogP contribution in [0, 0.1) is 13.8 Å². The normalized spacial score (nSPS) is 11.5. The number of hydrogen-bond acceptors (Lipinski definition) is 3. The van der Waals surface area contributed by atoms with E-state index in [1.54, 1.807) is 0 Å². The second-order valence-corrected chi connectivity index (χ2v) is 3.68. The maximum Gasteiger partial charge on any atom is 0.307 e. The van der Waals surface area contributed by atoms with Gasteiger partial charge in [-0.2, -0.15) is 0 Å². The number of hydrogen-bond donors (Lipinski definition) is 1. The van der Waals surface area contributed by atoms with Crippen molar-refractivity contribution in [2.45, 2.75) is 26.3 Å². The third kappa shape index (κ3) is 3.51. The summed E-state index contributed by atoms with van der Waals surface area (Å²) in [7, 11) is 1.37. The van der Waals surface area contributed by atoms with Crippen LogP contribution < -0.4 is 5.73 Å². The fourth-order valence-corrected chi connectivity index (χ4v) is 1.55. The first kappa shape index (κ1) is 14.9. The lowest BCUT2D eigenvalue weighted by Gasteiger charge is -2.14. The molecular formula is C12H18ClNO2. The summed E-state index contributed by atoms with van der Waals surface area (Å²) in [6.07, 6.45) is 0.223. The van der Waals surface area contributed by atoms with Crippen molar-refractivity contribution in [3.8, 4) is 0 Å². The Morgan fingerprint density at radius 1 is 1.44 bits per heavy atom. The van der Waals surface area contributed by atoms with Crippen LogP contribution >= 0.6 is 12.4 Å². The van der Waals surface area contributed by atoms with Crippen molar-refractivity contribution in [3.05, 3.63) is 34.9 Å². The number of aryl methyl sites for hydroxylation is 1. The lowest BCUT2D eigenvalue weighted by atomic mass is 9.96. The Hall–Kier alpha value is -1.06. The van der Waals surface area contributed by atoms with E-state index < -0.39 is 0 Å². The van der Waals surface area contributed by atoms with Crippen LogP contribution in [-0.4, -0.2) is 13.1 Å². The van der Waals surface area contributed by atoms with Gasteiger partial charge in [-0.25, -0.2) is 0 Å². The highest BCUT2D eigenvalue weighted by Gasteiger charge is 2.14. The molecule has 90 valence electrons. The third-order valence-electron chi connectivity index (χ3n) is 2.66. The minimum atomic E-state index is -0.280. The minimum absolute atomic E-state index is 0. The van der Waals surface area contributed by atoms with Crippen LogP contribution in [0.2, 0.25) is 0 Å². The Kier molecular flexibility index (Phi) is 6.08. The van der Waals surface area contributed by atoms with Crippen LogP contribution in [0.4, 0.5) is 0 Å². The standard InChI is InChI=1S/C12H17NO2.ClH/c1-8-5-4-6-10(9(8)2)11(13)7-12(14)15-3;/h4-6,11H,7,13H2,1-3H3;1H/t11-;/m1./s1. The van der Waals surface area contributed by atoms with Gasteiger partial charge in [0.2, 0.25) is 0 Å². The molecule has 0 aromatic heterocycles. The summed E-state index contributed by atoms with van der Waals surface area (Å²) < 4.78 is 4.59. The molecule has 0 unspecified atom stereocenters. The molecule has 0 aliphatic heterocycles. The van der Waals surface area contributed by atoms with Crippen molar-refractivity contribution in [3.63, 3.8) is 0 Å². The van der Waals surface area contributed by atoms with E-state index >= 15 is 0 Å². The van der Waals surface area contributed by atoms with Crippen LogP contribution in [0.25, 0.3) is 0 Å². The van der Waals surface area contributed by atoms with Crippen molar-refractivity contribution in [1.82, 2.24) is 0 Å². The zero-order chi connectivity index (χ0) is 11.4. The lowest BCUT2D eigenvalue weighted by Crippen LogP contribution is -2.17. The zero-order valence-electron chi connectivity index (χ0n) is 9.82. The van der Waals surface area contributed by atoms with Crippen LogP contribution in [0.15, 0.2) is 18.2 Å². The number of carbonyl (C=O) groups is 1. The molecule has 4 heteroatoms. The number of rotatable bonds is 3. The Balaban J connectivity index is 0.00000225. The average Bonchev–Trinajstić information content (AvgIpc) is 2.21. The highest BCUT2D eigenvalue weighted by molar-refractivity contribution is 5.85. The molecule has 0 saturated carbocycles. The number of nitrogens with two attached hydrogens (primary N) is 1. The van der Waals surface area contributed by atoms with Crippen molar-refractivity contribution in [2.75, 3.05) is 7.11 Å². The Morgan fingerprint density at radius 3 is 2.62 bits per heavy atom. The van der Waals surface area contributed by atoms with E-state index in [0.717, 1.165) is 11.1 Å². The molecule has 0 amide bonds. The number of methoxy groups -OCH3 is 1. The summed E-state index contributed by atoms with van der Waals surface area (Å²) in [6, 6.07) is 5.66. The van der Waals surface area contributed by atoms with Gasteiger partial charge in [0.1, 0.15) is 0 Å². The maximum atomic E-state index is 11.1. The second-order valence-electron chi connectivity index (χ2n) is 3.68.